The third-order valence-electron chi connectivity index (χ3n) is 0.745. The summed E-state index contributed by atoms with van der Waals surface area (Å²) < 4.78 is 0. The molecule has 0 atom stereocenters. The van der Waals surface area contributed by atoms with Gasteiger partial charge < -0.3 is 11.0 Å². The second-order valence-corrected chi connectivity index (χ2v) is 1.34. The van der Waals surface area contributed by atoms with Gasteiger partial charge in [0.05, 0.1) is 0 Å². The number of rotatable bonds is 3. The molecule has 0 saturated heterocycles. The zero-order valence-electron chi connectivity index (χ0n) is 5.10. The first-order valence-electron chi connectivity index (χ1n) is 2.36. The summed E-state index contributed by atoms with van der Waals surface area (Å²) >= 11 is 0. The van der Waals surface area contributed by atoms with E-state index in [9.17, 15) is 0 Å². The van der Waals surface area contributed by atoms with Crippen molar-refractivity contribution in [1.29, 1.82) is 0 Å². The number of hydrogen-bond acceptors (Lipinski definition) is 2. The molecule has 0 saturated carbocycles. The van der Waals surface area contributed by atoms with Gasteiger partial charge in [0.15, 0.2) is 0 Å². The molecule has 0 aliphatic carbocycles. The first kappa shape index (κ1) is 6.88. The highest BCUT2D eigenvalue weighted by Gasteiger charge is 1.77. The molecular formula is C4H12N3-. The summed E-state index contributed by atoms with van der Waals surface area (Å²) in [6.07, 6.45) is 0. The van der Waals surface area contributed by atoms with Crippen molar-refractivity contribution < 1.29 is 0 Å². The Morgan fingerprint density at radius 1 is 1.71 bits per heavy atom. The molecule has 0 aromatic rings. The zero-order chi connectivity index (χ0) is 5.70. The highest BCUT2D eigenvalue weighted by molar-refractivity contribution is 4.54. The van der Waals surface area contributed by atoms with Gasteiger partial charge >= 0.3 is 0 Å². The monoisotopic (exact) mass is 102 g/mol. The van der Waals surface area contributed by atoms with Gasteiger partial charge in [0, 0.05) is 13.6 Å². The molecule has 0 heterocycles. The molecule has 0 aliphatic heterocycles. The van der Waals surface area contributed by atoms with Crippen molar-refractivity contribution in [2.24, 2.45) is 0 Å². The van der Waals surface area contributed by atoms with Crippen molar-refractivity contribution >= 4 is 0 Å². The molecule has 0 radical (unpaired) electrons. The second kappa shape index (κ2) is 4.05. The molecule has 44 valence electrons. The fraction of sp³-hybridized carbons (Fsp3) is 1.00. The lowest BCUT2D eigenvalue weighted by Gasteiger charge is -2.24. The summed E-state index contributed by atoms with van der Waals surface area (Å²) in [5.74, 6) is 0. The molecule has 0 aromatic carbocycles. The maximum atomic E-state index is 3.68. The summed E-state index contributed by atoms with van der Waals surface area (Å²) in [4.78, 5) is 0. The Bertz CT molecular complexity index is 37.9. The minimum absolute atomic E-state index is 0.970. The van der Waals surface area contributed by atoms with Crippen molar-refractivity contribution in [3.63, 3.8) is 0 Å². The van der Waals surface area contributed by atoms with Gasteiger partial charge in [-0.15, -0.1) is 0 Å². The first-order chi connectivity index (χ1) is 3.31. The van der Waals surface area contributed by atoms with Crippen LogP contribution in [-0.4, -0.2) is 25.6 Å². The van der Waals surface area contributed by atoms with E-state index in [1.54, 1.807) is 7.05 Å². The van der Waals surface area contributed by atoms with E-state index in [4.69, 9.17) is 0 Å². The Balaban J connectivity index is 2.83. The van der Waals surface area contributed by atoms with Gasteiger partial charge in [0.25, 0.3) is 0 Å². The minimum atomic E-state index is 0.970. The Kier molecular flexibility index (Phi) is 3.98. The molecule has 0 rings (SSSR count). The van der Waals surface area contributed by atoms with Crippen LogP contribution < -0.4 is 5.53 Å². The van der Waals surface area contributed by atoms with E-state index in [2.05, 4.69) is 17.9 Å². The topological polar surface area (TPSA) is 29.4 Å². The van der Waals surface area contributed by atoms with Gasteiger partial charge in [0.2, 0.25) is 0 Å². The van der Waals surface area contributed by atoms with E-state index in [1.165, 1.54) is 0 Å². The second-order valence-electron chi connectivity index (χ2n) is 1.34. The molecular weight excluding hydrogens is 90.1 g/mol. The van der Waals surface area contributed by atoms with E-state index in [0.717, 1.165) is 6.54 Å². The minimum Gasteiger partial charge on any atom is -0.585 e. The summed E-state index contributed by atoms with van der Waals surface area (Å²) in [7, 11) is 3.65. The van der Waals surface area contributed by atoms with E-state index < -0.39 is 0 Å². The number of hydrogen-bond donors (Lipinski definition) is 1. The Morgan fingerprint density at radius 2 is 2.29 bits per heavy atom. The molecule has 7 heavy (non-hydrogen) atoms. The maximum absolute atomic E-state index is 3.68. The largest absolute Gasteiger partial charge is 0.585 e. The number of nitrogens with zero attached hydrogens (tertiary/aromatic N) is 2. The molecule has 0 aromatic heterocycles. The van der Waals surface area contributed by atoms with Crippen LogP contribution in [0.2, 0.25) is 0 Å². The van der Waals surface area contributed by atoms with Crippen LogP contribution in [0.5, 0.6) is 0 Å². The van der Waals surface area contributed by atoms with E-state index in [1.807, 2.05) is 12.1 Å². The summed E-state index contributed by atoms with van der Waals surface area (Å²) in [5.41, 5.74) is 6.44. The maximum Gasteiger partial charge on any atom is 0.00834 e. The molecule has 0 aliphatic rings. The normalized spacial score (nSPS) is 10.3. The highest BCUT2D eigenvalue weighted by atomic mass is 15.7. The molecule has 0 amide bonds. The van der Waals surface area contributed by atoms with Gasteiger partial charge in [-0.25, -0.2) is 0 Å². The molecule has 3 nitrogen and oxygen atoms in total. The van der Waals surface area contributed by atoms with Crippen LogP contribution in [0, 0.1) is 0 Å². The van der Waals surface area contributed by atoms with E-state index in [0.29, 0.717) is 0 Å². The predicted molar refractivity (Wildman–Crippen MR) is 30.7 cm³/mol. The van der Waals surface area contributed by atoms with Crippen LogP contribution in [0.3, 0.4) is 0 Å². The summed E-state index contributed by atoms with van der Waals surface area (Å²) in [6, 6.07) is 0. The average molecular weight is 102 g/mol. The lowest BCUT2D eigenvalue weighted by Crippen LogP contribution is -2.29. The molecule has 0 unspecified atom stereocenters. The fourth-order valence-corrected chi connectivity index (χ4v) is 0.241. The van der Waals surface area contributed by atoms with Crippen LogP contribution in [0.25, 0.3) is 5.43 Å². The molecule has 0 spiro atoms. The first-order valence-corrected chi connectivity index (χ1v) is 2.36. The Hall–Kier alpha value is -0.120. The summed E-state index contributed by atoms with van der Waals surface area (Å²) in [5, 5.41) is 1.89. The average Bonchev–Trinajstić information content (AvgIpc) is 1.68. The van der Waals surface area contributed by atoms with Crippen LogP contribution in [-0.2, 0) is 0 Å². The van der Waals surface area contributed by atoms with E-state index >= 15 is 0 Å². The van der Waals surface area contributed by atoms with Crippen molar-refractivity contribution in [3.05, 3.63) is 5.43 Å². The van der Waals surface area contributed by atoms with Gasteiger partial charge in [-0.1, -0.05) is 6.92 Å². The SMILES string of the molecule is CCN(C)N[N-]C. The van der Waals surface area contributed by atoms with Gasteiger partial charge in [-0.3, -0.25) is 5.01 Å². The lowest BCUT2D eigenvalue weighted by molar-refractivity contribution is 0.282. The molecule has 1 N–H and O–H groups in total. The fourth-order valence-electron chi connectivity index (χ4n) is 0.241. The number of hydrazine groups is 1. The molecule has 3 heteroatoms. The van der Waals surface area contributed by atoms with E-state index in [-0.39, 0.29) is 0 Å². The Morgan fingerprint density at radius 3 is 2.43 bits per heavy atom. The van der Waals surface area contributed by atoms with Crippen molar-refractivity contribution in [3.8, 4) is 0 Å². The molecule has 0 fully saturated rings. The third-order valence-corrected chi connectivity index (χ3v) is 0.745. The highest BCUT2D eigenvalue weighted by Crippen LogP contribution is 1.73. The van der Waals surface area contributed by atoms with Crippen LogP contribution in [0.4, 0.5) is 0 Å². The van der Waals surface area contributed by atoms with Gasteiger partial charge in [-0.2, -0.15) is 7.05 Å². The summed E-state index contributed by atoms with van der Waals surface area (Å²) in [6.45, 7) is 3.02. The molecule has 0 bridgehead atoms. The quantitative estimate of drug-likeness (QED) is 0.521. The van der Waals surface area contributed by atoms with Crippen LogP contribution >= 0.6 is 0 Å². The third kappa shape index (κ3) is 3.72. The lowest BCUT2D eigenvalue weighted by atomic mass is 10.7. The number of nitrogens with one attached hydrogen (secondary N) is 1. The van der Waals surface area contributed by atoms with Crippen molar-refractivity contribution in [1.82, 2.24) is 10.5 Å². The van der Waals surface area contributed by atoms with Gasteiger partial charge in [0.1, 0.15) is 0 Å². The van der Waals surface area contributed by atoms with Crippen LogP contribution in [0.1, 0.15) is 6.92 Å². The van der Waals surface area contributed by atoms with Crippen molar-refractivity contribution in [2.75, 3.05) is 20.6 Å². The van der Waals surface area contributed by atoms with Crippen LogP contribution in [0.15, 0.2) is 0 Å². The standard InChI is InChI=1S/C4H12N3/c1-4-7(3)6-5-2/h6H,4H2,1-3H3/q-1. The zero-order valence-corrected chi connectivity index (χ0v) is 5.10. The predicted octanol–water partition coefficient (Wildman–Crippen LogP) is 0.361. The van der Waals surface area contributed by atoms with Gasteiger partial charge in [-0.05, 0) is 0 Å². The Labute approximate surface area is 44.6 Å². The van der Waals surface area contributed by atoms with Crippen molar-refractivity contribution in [2.45, 2.75) is 6.92 Å². The smallest absolute Gasteiger partial charge is 0.00834 e.